The van der Waals surface area contributed by atoms with Crippen LogP contribution in [0.5, 0.6) is 0 Å². The lowest BCUT2D eigenvalue weighted by molar-refractivity contribution is -0.126. The van der Waals surface area contributed by atoms with E-state index >= 15 is 0 Å². The zero-order valence-corrected chi connectivity index (χ0v) is 15.9. The summed E-state index contributed by atoms with van der Waals surface area (Å²) in [5.41, 5.74) is 1.40. The predicted octanol–water partition coefficient (Wildman–Crippen LogP) is 4.08. The second kappa shape index (κ2) is 5.77. The van der Waals surface area contributed by atoms with Crippen LogP contribution in [0.3, 0.4) is 0 Å². The van der Waals surface area contributed by atoms with Gasteiger partial charge in [0, 0.05) is 12.8 Å². The Kier molecular flexibility index (Phi) is 4.03. The fraction of sp³-hybridized carbons (Fsp3) is 0.818. The third-order valence-corrected chi connectivity index (χ3v) is 8.76. The van der Waals surface area contributed by atoms with Crippen molar-refractivity contribution in [2.24, 2.45) is 34.5 Å². The van der Waals surface area contributed by atoms with Gasteiger partial charge in [-0.05, 0) is 86.0 Å². The van der Waals surface area contributed by atoms with E-state index in [4.69, 9.17) is 0 Å². The molecule has 4 aliphatic rings. The Balaban J connectivity index is 1.72. The van der Waals surface area contributed by atoms with E-state index in [1.165, 1.54) is 5.57 Å². The first-order valence-electron chi connectivity index (χ1n) is 10.2. The van der Waals surface area contributed by atoms with Crippen LogP contribution in [0, 0.1) is 34.5 Å². The molecule has 3 saturated carbocycles. The van der Waals surface area contributed by atoms with Crippen molar-refractivity contribution in [2.45, 2.75) is 78.2 Å². The van der Waals surface area contributed by atoms with Crippen LogP contribution in [0.15, 0.2) is 11.6 Å². The molecule has 3 heteroatoms. The highest BCUT2D eigenvalue weighted by atomic mass is 16.3. The van der Waals surface area contributed by atoms with Gasteiger partial charge in [0.15, 0.2) is 5.78 Å². The highest BCUT2D eigenvalue weighted by molar-refractivity contribution is 5.92. The largest absolute Gasteiger partial charge is 0.393 e. The van der Waals surface area contributed by atoms with Gasteiger partial charge >= 0.3 is 0 Å². The lowest BCUT2D eigenvalue weighted by Gasteiger charge is -2.59. The maximum absolute atomic E-state index is 12.3. The maximum atomic E-state index is 12.3. The standard InChI is InChI=1S/C22H32O3/c1-13(23)10-15-12-16(24)11-14-4-5-17-18-6-7-20(25)21(18,2)9-8-19(17)22(14,15)3/h11,15,17-20,25H,4-10,12H2,1-3H3/t15?,17-,18-,19-,20-,21-,22+/m0/s1. The Hall–Kier alpha value is -0.960. The Labute approximate surface area is 151 Å². The van der Waals surface area contributed by atoms with Gasteiger partial charge in [-0.1, -0.05) is 19.4 Å². The minimum absolute atomic E-state index is 0.00261. The average Bonchev–Trinajstić information content (AvgIpc) is 2.84. The normalized spacial score (nSPS) is 49.0. The quantitative estimate of drug-likeness (QED) is 0.821. The summed E-state index contributed by atoms with van der Waals surface area (Å²) in [5, 5.41) is 10.6. The van der Waals surface area contributed by atoms with Gasteiger partial charge in [-0.2, -0.15) is 0 Å². The zero-order chi connectivity index (χ0) is 18.0. The molecule has 0 radical (unpaired) electrons. The van der Waals surface area contributed by atoms with E-state index in [1.54, 1.807) is 6.92 Å². The predicted molar refractivity (Wildman–Crippen MR) is 96.9 cm³/mol. The molecule has 0 aliphatic heterocycles. The highest BCUT2D eigenvalue weighted by Crippen LogP contribution is 2.66. The third-order valence-electron chi connectivity index (χ3n) is 8.76. The van der Waals surface area contributed by atoms with E-state index in [9.17, 15) is 14.7 Å². The first-order valence-corrected chi connectivity index (χ1v) is 10.2. The van der Waals surface area contributed by atoms with Crippen LogP contribution in [-0.4, -0.2) is 22.8 Å². The Morgan fingerprint density at radius 2 is 1.96 bits per heavy atom. The molecular weight excluding hydrogens is 312 g/mol. The van der Waals surface area contributed by atoms with Crippen molar-refractivity contribution >= 4 is 11.6 Å². The molecule has 0 heterocycles. The van der Waals surface area contributed by atoms with Crippen molar-refractivity contribution < 1.29 is 14.7 Å². The van der Waals surface area contributed by atoms with E-state index in [1.807, 2.05) is 6.08 Å². The third kappa shape index (κ3) is 2.41. The summed E-state index contributed by atoms with van der Waals surface area (Å²) in [6, 6.07) is 0. The molecule has 3 nitrogen and oxygen atoms in total. The minimum atomic E-state index is -0.149. The van der Waals surface area contributed by atoms with E-state index < -0.39 is 0 Å². The Morgan fingerprint density at radius 3 is 2.68 bits per heavy atom. The molecule has 7 atom stereocenters. The van der Waals surface area contributed by atoms with Crippen molar-refractivity contribution in [2.75, 3.05) is 0 Å². The van der Waals surface area contributed by atoms with Gasteiger partial charge in [0.1, 0.15) is 5.78 Å². The molecule has 1 unspecified atom stereocenters. The monoisotopic (exact) mass is 344 g/mol. The fourth-order valence-electron chi connectivity index (χ4n) is 7.37. The molecule has 0 aromatic rings. The van der Waals surface area contributed by atoms with Crippen molar-refractivity contribution in [1.82, 2.24) is 0 Å². The summed E-state index contributed by atoms with van der Waals surface area (Å²) < 4.78 is 0. The van der Waals surface area contributed by atoms with Gasteiger partial charge in [-0.3, -0.25) is 4.79 Å². The number of fused-ring (bicyclic) bond motifs is 5. The molecule has 25 heavy (non-hydrogen) atoms. The van der Waals surface area contributed by atoms with Crippen LogP contribution >= 0.6 is 0 Å². The van der Waals surface area contributed by atoms with Crippen LogP contribution in [0.4, 0.5) is 0 Å². The summed E-state index contributed by atoms with van der Waals surface area (Å²) in [6.45, 7) is 6.32. The number of carbonyl (C=O) groups excluding carboxylic acids is 2. The molecule has 4 rings (SSSR count). The number of Topliss-reactive ketones (excluding diaryl/α,β-unsaturated/α-hetero) is 1. The number of aliphatic hydroxyl groups excluding tert-OH is 1. The number of aliphatic hydroxyl groups is 1. The van der Waals surface area contributed by atoms with E-state index in [0.29, 0.717) is 30.6 Å². The topological polar surface area (TPSA) is 54.4 Å². The van der Waals surface area contributed by atoms with Crippen molar-refractivity contribution in [3.63, 3.8) is 0 Å². The second-order valence-electron chi connectivity index (χ2n) is 9.78. The number of rotatable bonds is 2. The first-order chi connectivity index (χ1) is 11.8. The lowest BCUT2D eigenvalue weighted by atomic mass is 9.45. The minimum Gasteiger partial charge on any atom is -0.393 e. The molecule has 3 fully saturated rings. The van der Waals surface area contributed by atoms with Gasteiger partial charge in [-0.15, -0.1) is 0 Å². The van der Waals surface area contributed by atoms with Crippen molar-refractivity contribution in [3.8, 4) is 0 Å². The molecule has 0 spiro atoms. The van der Waals surface area contributed by atoms with Crippen LogP contribution in [0.25, 0.3) is 0 Å². The average molecular weight is 344 g/mol. The van der Waals surface area contributed by atoms with E-state index in [-0.39, 0.29) is 34.4 Å². The molecule has 0 aromatic heterocycles. The summed E-state index contributed by atoms with van der Waals surface area (Å²) in [4.78, 5) is 24.2. The molecule has 138 valence electrons. The van der Waals surface area contributed by atoms with E-state index in [0.717, 1.165) is 38.5 Å². The molecular formula is C22H32O3. The van der Waals surface area contributed by atoms with Crippen LogP contribution in [0.1, 0.15) is 72.1 Å². The SMILES string of the molecule is CC(=O)CC1CC(=O)C=C2CC[C@H]3[C@@H]4CC[C@H](O)[C@@]4(C)CC[C@@H]3[C@]21C. The fourth-order valence-corrected chi connectivity index (χ4v) is 7.37. The molecule has 0 amide bonds. The van der Waals surface area contributed by atoms with Gasteiger partial charge in [0.2, 0.25) is 0 Å². The lowest BCUT2D eigenvalue weighted by Crippen LogP contribution is -2.54. The van der Waals surface area contributed by atoms with Gasteiger partial charge in [-0.25, -0.2) is 0 Å². The Bertz CT molecular complexity index is 635. The number of hydrogen-bond donors (Lipinski definition) is 1. The maximum Gasteiger partial charge on any atom is 0.155 e. The van der Waals surface area contributed by atoms with Crippen LogP contribution in [-0.2, 0) is 9.59 Å². The van der Waals surface area contributed by atoms with Crippen LogP contribution in [0.2, 0.25) is 0 Å². The second-order valence-corrected chi connectivity index (χ2v) is 9.78. The smallest absolute Gasteiger partial charge is 0.155 e. The molecule has 0 bridgehead atoms. The Morgan fingerprint density at radius 1 is 1.20 bits per heavy atom. The van der Waals surface area contributed by atoms with Gasteiger partial charge < -0.3 is 9.90 Å². The number of carbonyl (C=O) groups is 2. The molecule has 1 N–H and O–H groups in total. The van der Waals surface area contributed by atoms with Crippen LogP contribution < -0.4 is 0 Å². The molecule has 4 aliphatic carbocycles. The van der Waals surface area contributed by atoms with Gasteiger partial charge in [0.25, 0.3) is 0 Å². The highest BCUT2D eigenvalue weighted by Gasteiger charge is 2.60. The van der Waals surface area contributed by atoms with E-state index in [2.05, 4.69) is 13.8 Å². The van der Waals surface area contributed by atoms with Crippen molar-refractivity contribution in [3.05, 3.63) is 11.6 Å². The molecule has 0 aromatic carbocycles. The number of allylic oxidation sites excluding steroid dienone is 1. The number of hydrogen-bond acceptors (Lipinski definition) is 3. The zero-order valence-electron chi connectivity index (χ0n) is 15.9. The van der Waals surface area contributed by atoms with Gasteiger partial charge in [0.05, 0.1) is 6.10 Å². The summed E-state index contributed by atoms with van der Waals surface area (Å²) in [7, 11) is 0. The first kappa shape index (κ1) is 17.5. The summed E-state index contributed by atoms with van der Waals surface area (Å²) in [5.74, 6) is 2.40. The summed E-state index contributed by atoms with van der Waals surface area (Å²) in [6.07, 6.45) is 9.30. The number of ketones is 2. The molecule has 0 saturated heterocycles. The van der Waals surface area contributed by atoms with Crippen molar-refractivity contribution in [1.29, 1.82) is 0 Å². The summed E-state index contributed by atoms with van der Waals surface area (Å²) >= 11 is 0.